The Hall–Kier alpha value is -1.71. The molecule has 126 valence electrons. The number of carbonyl (C=O) groups excluding carboxylic acids is 1. The summed E-state index contributed by atoms with van der Waals surface area (Å²) in [5, 5.41) is 2.85. The molecule has 0 saturated carbocycles. The fourth-order valence-corrected chi connectivity index (χ4v) is 3.66. The van der Waals surface area contributed by atoms with Crippen LogP contribution in [0.25, 0.3) is 11.1 Å². The van der Waals surface area contributed by atoms with Crippen LogP contribution in [0.5, 0.6) is 0 Å². The number of hydrogen-bond donors (Lipinski definition) is 1. The minimum atomic E-state index is -0.0504. The lowest BCUT2D eigenvalue weighted by Crippen LogP contribution is -2.27. The van der Waals surface area contributed by atoms with Gasteiger partial charge in [-0.15, -0.1) is 23.2 Å². The highest BCUT2D eigenvalue weighted by Gasteiger charge is 2.20. The van der Waals surface area contributed by atoms with E-state index in [1.807, 2.05) is 6.07 Å². The Kier molecular flexibility index (Phi) is 5.32. The number of hydrogen-bond acceptors (Lipinski definition) is 2. The number of fused-ring (bicyclic) bond motifs is 3. The number of amides is 1. The van der Waals surface area contributed by atoms with Crippen LogP contribution < -0.4 is 10.2 Å². The molecule has 0 atom stereocenters. The summed E-state index contributed by atoms with van der Waals surface area (Å²) in [6.45, 7) is 3.09. The van der Waals surface area contributed by atoms with Crippen molar-refractivity contribution < 1.29 is 4.79 Å². The minimum absolute atomic E-state index is 0.0504. The van der Waals surface area contributed by atoms with E-state index in [-0.39, 0.29) is 5.91 Å². The van der Waals surface area contributed by atoms with Gasteiger partial charge in [-0.25, -0.2) is 0 Å². The van der Waals surface area contributed by atoms with E-state index in [2.05, 4.69) is 40.5 Å². The molecule has 0 aromatic heterocycles. The van der Waals surface area contributed by atoms with Gasteiger partial charge < -0.3 is 10.2 Å². The van der Waals surface area contributed by atoms with E-state index in [9.17, 15) is 4.79 Å². The van der Waals surface area contributed by atoms with Gasteiger partial charge in [0.1, 0.15) is 0 Å². The number of nitrogens with zero attached hydrogens (tertiary/aromatic N) is 1. The van der Waals surface area contributed by atoms with Gasteiger partial charge in [-0.3, -0.25) is 4.79 Å². The van der Waals surface area contributed by atoms with Crippen LogP contribution >= 0.6 is 23.2 Å². The van der Waals surface area contributed by atoms with Gasteiger partial charge in [0.15, 0.2) is 0 Å². The summed E-state index contributed by atoms with van der Waals surface area (Å²) in [6.07, 6.45) is 0.877. The molecule has 0 radical (unpaired) electrons. The molecule has 0 aliphatic heterocycles. The maximum absolute atomic E-state index is 11.2. The first-order valence-corrected chi connectivity index (χ1v) is 9.10. The van der Waals surface area contributed by atoms with E-state index >= 15 is 0 Å². The molecule has 2 aromatic carbocycles. The minimum Gasteiger partial charge on any atom is -0.369 e. The molecule has 0 saturated heterocycles. The fourth-order valence-electron chi connectivity index (χ4n) is 3.25. The van der Waals surface area contributed by atoms with E-state index in [0.29, 0.717) is 11.8 Å². The number of alkyl halides is 2. The Balaban J connectivity index is 1.88. The van der Waals surface area contributed by atoms with Gasteiger partial charge in [0.05, 0.1) is 0 Å². The average Bonchev–Trinajstić information content (AvgIpc) is 2.90. The second-order valence-corrected chi connectivity index (χ2v) is 6.69. The van der Waals surface area contributed by atoms with Crippen molar-refractivity contribution in [3.8, 4) is 11.1 Å². The maximum Gasteiger partial charge on any atom is 0.221 e. The highest BCUT2D eigenvalue weighted by molar-refractivity contribution is 6.18. The summed E-state index contributed by atoms with van der Waals surface area (Å²) in [5.74, 6) is 1.10. The maximum atomic E-state index is 11.2. The van der Waals surface area contributed by atoms with Crippen LogP contribution in [0.4, 0.5) is 11.4 Å². The molecule has 3 rings (SSSR count). The SMILES string of the molecule is CC(=O)Nc1ccc2c(c1)Cc1cc(N(CCCl)CCCl)ccc1-2. The average molecular weight is 363 g/mol. The summed E-state index contributed by atoms with van der Waals surface area (Å²) >= 11 is 11.8. The number of benzene rings is 2. The summed E-state index contributed by atoms with van der Waals surface area (Å²) < 4.78 is 0. The molecule has 0 fully saturated rings. The molecule has 1 aliphatic carbocycles. The summed E-state index contributed by atoms with van der Waals surface area (Å²) in [6, 6.07) is 12.6. The van der Waals surface area contributed by atoms with E-state index in [4.69, 9.17) is 23.2 Å². The predicted octanol–water partition coefficient (Wildman–Crippen LogP) is 4.50. The van der Waals surface area contributed by atoms with Gasteiger partial charge in [-0.05, 0) is 52.9 Å². The Morgan fingerprint density at radius 3 is 2.29 bits per heavy atom. The van der Waals surface area contributed by atoms with Gasteiger partial charge in [-0.2, -0.15) is 0 Å². The van der Waals surface area contributed by atoms with Crippen molar-refractivity contribution in [2.24, 2.45) is 0 Å². The molecule has 0 bridgehead atoms. The van der Waals surface area contributed by atoms with Crippen molar-refractivity contribution in [3.05, 3.63) is 47.5 Å². The normalized spacial score (nSPS) is 11.8. The third-order valence-electron chi connectivity index (χ3n) is 4.26. The number of carbonyl (C=O) groups is 1. The molecule has 1 amide bonds. The van der Waals surface area contributed by atoms with Gasteiger partial charge in [0.2, 0.25) is 5.91 Å². The highest BCUT2D eigenvalue weighted by atomic mass is 35.5. The Labute approximate surface area is 152 Å². The van der Waals surface area contributed by atoms with Crippen molar-refractivity contribution in [2.45, 2.75) is 13.3 Å². The predicted molar refractivity (Wildman–Crippen MR) is 103 cm³/mol. The number of halogens is 2. The van der Waals surface area contributed by atoms with Crippen LogP contribution in [0, 0.1) is 0 Å². The van der Waals surface area contributed by atoms with Crippen LogP contribution in [0.15, 0.2) is 36.4 Å². The second kappa shape index (κ2) is 7.45. The van der Waals surface area contributed by atoms with Crippen molar-refractivity contribution >= 4 is 40.5 Å². The Morgan fingerprint density at radius 1 is 1.04 bits per heavy atom. The van der Waals surface area contributed by atoms with E-state index in [0.717, 1.165) is 30.9 Å². The quantitative estimate of drug-likeness (QED) is 0.654. The van der Waals surface area contributed by atoms with Crippen molar-refractivity contribution in [1.29, 1.82) is 0 Å². The number of anilines is 2. The first-order chi connectivity index (χ1) is 11.6. The zero-order chi connectivity index (χ0) is 17.1. The lowest BCUT2D eigenvalue weighted by atomic mass is 10.0. The highest BCUT2D eigenvalue weighted by Crippen LogP contribution is 2.39. The first kappa shape index (κ1) is 17.1. The third-order valence-corrected chi connectivity index (χ3v) is 4.60. The molecule has 0 heterocycles. The lowest BCUT2D eigenvalue weighted by Gasteiger charge is -2.23. The van der Waals surface area contributed by atoms with Crippen molar-refractivity contribution in [2.75, 3.05) is 35.1 Å². The molecular formula is C19H20Cl2N2O. The number of nitrogens with one attached hydrogen (secondary N) is 1. The van der Waals surface area contributed by atoms with Crippen LogP contribution in [-0.4, -0.2) is 30.8 Å². The molecule has 2 aromatic rings. The van der Waals surface area contributed by atoms with E-state index in [1.165, 1.54) is 29.2 Å². The Bertz CT molecular complexity index is 755. The molecular weight excluding hydrogens is 343 g/mol. The monoisotopic (exact) mass is 362 g/mol. The summed E-state index contributed by atoms with van der Waals surface area (Å²) in [5.41, 5.74) is 7.06. The molecule has 3 nitrogen and oxygen atoms in total. The van der Waals surface area contributed by atoms with E-state index in [1.54, 1.807) is 0 Å². The topological polar surface area (TPSA) is 32.3 Å². The summed E-state index contributed by atoms with van der Waals surface area (Å²) in [7, 11) is 0. The molecule has 0 unspecified atom stereocenters. The van der Waals surface area contributed by atoms with E-state index < -0.39 is 0 Å². The van der Waals surface area contributed by atoms with Gasteiger partial charge in [0.25, 0.3) is 0 Å². The van der Waals surface area contributed by atoms with Crippen LogP contribution in [-0.2, 0) is 11.2 Å². The van der Waals surface area contributed by atoms with Crippen molar-refractivity contribution in [3.63, 3.8) is 0 Å². The summed E-state index contributed by atoms with van der Waals surface area (Å²) in [4.78, 5) is 13.5. The molecule has 1 N–H and O–H groups in total. The lowest BCUT2D eigenvalue weighted by molar-refractivity contribution is -0.114. The zero-order valence-corrected chi connectivity index (χ0v) is 15.1. The Morgan fingerprint density at radius 2 is 1.67 bits per heavy atom. The van der Waals surface area contributed by atoms with Crippen LogP contribution in [0.3, 0.4) is 0 Å². The fraction of sp³-hybridized carbons (Fsp3) is 0.316. The zero-order valence-electron chi connectivity index (χ0n) is 13.6. The number of rotatable bonds is 6. The van der Waals surface area contributed by atoms with Gasteiger partial charge in [-0.1, -0.05) is 12.1 Å². The first-order valence-electron chi connectivity index (χ1n) is 8.03. The van der Waals surface area contributed by atoms with Crippen LogP contribution in [0.2, 0.25) is 0 Å². The van der Waals surface area contributed by atoms with Gasteiger partial charge >= 0.3 is 0 Å². The molecule has 0 spiro atoms. The van der Waals surface area contributed by atoms with Crippen molar-refractivity contribution in [1.82, 2.24) is 0 Å². The largest absolute Gasteiger partial charge is 0.369 e. The standard InChI is InChI=1S/C19H20Cl2N2O/c1-13(24)22-16-2-4-18-14(11-16)10-15-12-17(3-5-19(15)18)23(8-6-20)9-7-21/h2-5,11-12H,6-10H2,1H3,(H,22,24). The smallest absolute Gasteiger partial charge is 0.221 e. The van der Waals surface area contributed by atoms with Crippen LogP contribution in [0.1, 0.15) is 18.1 Å². The molecule has 5 heteroatoms. The third kappa shape index (κ3) is 3.52. The second-order valence-electron chi connectivity index (χ2n) is 5.94. The molecule has 24 heavy (non-hydrogen) atoms. The molecule has 1 aliphatic rings. The van der Waals surface area contributed by atoms with Gasteiger partial charge in [0, 0.05) is 43.1 Å².